The Morgan fingerprint density at radius 2 is 1.77 bits per heavy atom. The number of likely N-dealkylation sites (N-methyl/N-ethyl adjacent to an activating group) is 1. The quantitative estimate of drug-likeness (QED) is 0.568. The van der Waals surface area contributed by atoms with E-state index in [0.29, 0.717) is 11.5 Å². The van der Waals surface area contributed by atoms with E-state index in [2.05, 4.69) is 22.0 Å². The Hall–Kier alpha value is -2.89. The van der Waals surface area contributed by atoms with Gasteiger partial charge in [0.05, 0.1) is 0 Å². The number of carbonyl (C=O) groups excluding carboxylic acids is 2. The highest BCUT2D eigenvalue weighted by Gasteiger charge is 2.27. The third-order valence-electron chi connectivity index (χ3n) is 5.54. The fourth-order valence-corrected chi connectivity index (χ4v) is 4.32. The van der Waals surface area contributed by atoms with Crippen LogP contribution in [0.25, 0.3) is 6.08 Å². The van der Waals surface area contributed by atoms with Crippen molar-refractivity contribution in [2.45, 2.75) is 52.1 Å². The molecule has 4 rings (SSSR count). The smallest absolute Gasteiger partial charge is 0.331 e. The first-order valence-electron chi connectivity index (χ1n) is 10.6. The predicted octanol–water partition coefficient (Wildman–Crippen LogP) is 3.49. The van der Waals surface area contributed by atoms with Gasteiger partial charge in [-0.15, -0.1) is 0 Å². The van der Waals surface area contributed by atoms with E-state index in [4.69, 9.17) is 4.74 Å². The van der Waals surface area contributed by atoms with Gasteiger partial charge in [-0.25, -0.2) is 9.79 Å². The molecule has 0 radical (unpaired) electrons. The highest BCUT2D eigenvalue weighted by molar-refractivity contribution is 6.18. The normalized spacial score (nSPS) is 20.1. The van der Waals surface area contributed by atoms with Crippen LogP contribution < -0.4 is 4.90 Å². The molecule has 3 aliphatic heterocycles. The second-order valence-electron chi connectivity index (χ2n) is 9.11. The zero-order chi connectivity index (χ0) is 21.5. The lowest BCUT2D eigenvalue weighted by Gasteiger charge is -2.37. The van der Waals surface area contributed by atoms with Crippen molar-refractivity contribution in [3.63, 3.8) is 0 Å². The van der Waals surface area contributed by atoms with Crippen LogP contribution in [-0.2, 0) is 27.2 Å². The molecule has 0 saturated carbocycles. The molecule has 3 heterocycles. The van der Waals surface area contributed by atoms with Gasteiger partial charge in [-0.05, 0) is 87.4 Å². The maximum atomic E-state index is 12.7. The number of anilines is 1. The fourth-order valence-electron chi connectivity index (χ4n) is 4.32. The monoisotopic (exact) mass is 407 g/mol. The molecule has 0 atom stereocenters. The summed E-state index contributed by atoms with van der Waals surface area (Å²) in [7, 11) is 1.66. The van der Waals surface area contributed by atoms with E-state index in [1.54, 1.807) is 7.05 Å². The summed E-state index contributed by atoms with van der Waals surface area (Å²) >= 11 is 0. The maximum Gasteiger partial charge on any atom is 0.331 e. The van der Waals surface area contributed by atoms with Crippen LogP contribution in [0.3, 0.4) is 0 Å². The molecule has 1 amide bonds. The molecule has 0 spiro atoms. The number of esters is 1. The molecule has 30 heavy (non-hydrogen) atoms. The standard InChI is InChI=1S/C24H29N3O3/c1-24(2,3)30-21(28)10-9-20-25-19(23(29)26(20)4)15-16-13-17-7-5-11-27-12-6-8-18(14-16)22(17)27/h9-10,13-15H,5-8,11-12H2,1-4H3/b10-9+,19-15-. The molecule has 6 nitrogen and oxygen atoms in total. The maximum absolute atomic E-state index is 12.7. The molecule has 1 aromatic rings. The lowest BCUT2D eigenvalue weighted by atomic mass is 9.90. The molecule has 6 heteroatoms. The summed E-state index contributed by atoms with van der Waals surface area (Å²) in [5, 5.41) is 0. The van der Waals surface area contributed by atoms with E-state index >= 15 is 0 Å². The van der Waals surface area contributed by atoms with Crippen LogP contribution in [0, 0.1) is 0 Å². The van der Waals surface area contributed by atoms with Gasteiger partial charge < -0.3 is 9.64 Å². The van der Waals surface area contributed by atoms with Crippen LogP contribution in [0.5, 0.6) is 0 Å². The molecule has 158 valence electrons. The average molecular weight is 408 g/mol. The van der Waals surface area contributed by atoms with Gasteiger partial charge in [-0.3, -0.25) is 9.69 Å². The van der Waals surface area contributed by atoms with Crippen LogP contribution >= 0.6 is 0 Å². The first kappa shape index (κ1) is 20.4. The number of amides is 1. The Morgan fingerprint density at radius 3 is 2.37 bits per heavy atom. The Kier molecular flexibility index (Phi) is 5.26. The van der Waals surface area contributed by atoms with Gasteiger partial charge in [0.1, 0.15) is 17.1 Å². The van der Waals surface area contributed by atoms with Crippen molar-refractivity contribution >= 4 is 29.5 Å². The SMILES string of the molecule is CN1C(=O)/C(=C/c2cc3c4c(c2)CCCN4CCC3)N=C1/C=C/C(=O)OC(C)(C)C. The van der Waals surface area contributed by atoms with Crippen LogP contribution in [0.1, 0.15) is 50.3 Å². The van der Waals surface area contributed by atoms with Crippen LogP contribution in [0.2, 0.25) is 0 Å². The molecule has 3 aliphatic rings. The predicted molar refractivity (Wildman–Crippen MR) is 118 cm³/mol. The highest BCUT2D eigenvalue weighted by atomic mass is 16.6. The Balaban J connectivity index is 1.59. The summed E-state index contributed by atoms with van der Waals surface area (Å²) in [6.07, 6.45) is 9.21. The van der Waals surface area contributed by atoms with Crippen molar-refractivity contribution in [1.29, 1.82) is 0 Å². The molecular formula is C24H29N3O3. The lowest BCUT2D eigenvalue weighted by Crippen LogP contribution is -2.34. The molecule has 0 unspecified atom stereocenters. The topological polar surface area (TPSA) is 62.2 Å². The third kappa shape index (κ3) is 4.18. The molecule has 0 aliphatic carbocycles. The molecule has 0 aromatic heterocycles. The van der Waals surface area contributed by atoms with Crippen molar-refractivity contribution < 1.29 is 14.3 Å². The number of hydrogen-bond donors (Lipinski definition) is 0. The van der Waals surface area contributed by atoms with Crippen LogP contribution in [-0.4, -0.2) is 48.4 Å². The van der Waals surface area contributed by atoms with Crippen molar-refractivity contribution in [3.8, 4) is 0 Å². The number of aryl methyl sites for hydroxylation is 2. The van der Waals surface area contributed by atoms with Crippen LogP contribution in [0.4, 0.5) is 5.69 Å². The van der Waals surface area contributed by atoms with Gasteiger partial charge in [0.2, 0.25) is 0 Å². The second kappa shape index (κ2) is 7.74. The lowest BCUT2D eigenvalue weighted by molar-refractivity contribution is -0.148. The minimum atomic E-state index is -0.562. The van der Waals surface area contributed by atoms with Gasteiger partial charge in [0, 0.05) is 31.9 Å². The van der Waals surface area contributed by atoms with E-state index in [9.17, 15) is 9.59 Å². The number of rotatable bonds is 3. The van der Waals surface area contributed by atoms with E-state index in [1.807, 2.05) is 26.8 Å². The number of amidine groups is 1. The zero-order valence-electron chi connectivity index (χ0n) is 18.2. The summed E-state index contributed by atoms with van der Waals surface area (Å²) in [4.78, 5) is 33.0. The first-order chi connectivity index (χ1) is 14.2. The molecule has 1 aromatic carbocycles. The fraction of sp³-hybridized carbons (Fsp3) is 0.458. The number of benzene rings is 1. The average Bonchev–Trinajstić information content (AvgIpc) is 2.93. The van der Waals surface area contributed by atoms with Gasteiger partial charge in [-0.1, -0.05) is 0 Å². The Labute approximate surface area is 177 Å². The third-order valence-corrected chi connectivity index (χ3v) is 5.54. The van der Waals surface area contributed by atoms with Gasteiger partial charge in [0.25, 0.3) is 5.91 Å². The number of aliphatic imine (C=N–C) groups is 1. The minimum absolute atomic E-state index is 0.174. The molecule has 0 saturated heterocycles. The summed E-state index contributed by atoms with van der Waals surface area (Å²) in [6.45, 7) is 7.72. The van der Waals surface area contributed by atoms with E-state index < -0.39 is 11.6 Å². The largest absolute Gasteiger partial charge is 0.457 e. The molecule has 0 bridgehead atoms. The Morgan fingerprint density at radius 1 is 1.13 bits per heavy atom. The zero-order valence-corrected chi connectivity index (χ0v) is 18.2. The minimum Gasteiger partial charge on any atom is -0.457 e. The van der Waals surface area contributed by atoms with Crippen molar-refractivity contribution in [2.24, 2.45) is 4.99 Å². The van der Waals surface area contributed by atoms with Gasteiger partial charge >= 0.3 is 5.97 Å². The number of nitrogens with zero attached hydrogens (tertiary/aromatic N) is 3. The highest BCUT2D eigenvalue weighted by Crippen LogP contribution is 2.36. The number of carbonyl (C=O) groups is 2. The van der Waals surface area contributed by atoms with Crippen molar-refractivity contribution in [3.05, 3.63) is 46.7 Å². The summed E-state index contributed by atoms with van der Waals surface area (Å²) in [6, 6.07) is 4.39. The van der Waals surface area contributed by atoms with E-state index in [0.717, 1.165) is 31.5 Å². The number of ether oxygens (including phenoxy) is 1. The van der Waals surface area contributed by atoms with Crippen molar-refractivity contribution in [1.82, 2.24) is 4.90 Å². The number of hydrogen-bond acceptors (Lipinski definition) is 5. The Bertz CT molecular complexity index is 951. The van der Waals surface area contributed by atoms with Gasteiger partial charge in [-0.2, -0.15) is 0 Å². The second-order valence-corrected chi connectivity index (χ2v) is 9.11. The summed E-state index contributed by atoms with van der Waals surface area (Å²) in [5.41, 5.74) is 5.00. The molecule has 0 fully saturated rings. The summed E-state index contributed by atoms with van der Waals surface area (Å²) in [5.74, 6) is -0.198. The molecular weight excluding hydrogens is 378 g/mol. The van der Waals surface area contributed by atoms with E-state index in [1.165, 1.54) is 46.7 Å². The summed E-state index contributed by atoms with van der Waals surface area (Å²) < 4.78 is 5.27. The van der Waals surface area contributed by atoms with Crippen LogP contribution in [0.15, 0.2) is 35.0 Å². The van der Waals surface area contributed by atoms with E-state index in [-0.39, 0.29) is 5.91 Å². The molecule has 0 N–H and O–H groups in total. The van der Waals surface area contributed by atoms with Gasteiger partial charge in [0.15, 0.2) is 0 Å². The van der Waals surface area contributed by atoms with Crippen molar-refractivity contribution in [2.75, 3.05) is 25.0 Å². The first-order valence-corrected chi connectivity index (χ1v) is 10.6.